The second-order valence-electron chi connectivity index (χ2n) is 5.01. The molecule has 0 fully saturated rings. The van der Waals surface area contributed by atoms with Crippen LogP contribution in [0.15, 0.2) is 53.4 Å². The normalized spacial score (nSPS) is 11.5. The highest BCUT2D eigenvalue weighted by Crippen LogP contribution is 2.14. The highest BCUT2D eigenvalue weighted by molar-refractivity contribution is 7.89. The van der Waals surface area contributed by atoms with Gasteiger partial charge in [-0.25, -0.2) is 13.1 Å². The Balaban J connectivity index is 1.88. The minimum absolute atomic E-state index is 0.345. The van der Waals surface area contributed by atoms with Crippen LogP contribution < -0.4 is 10.5 Å². The molecule has 3 N–H and O–H groups in total. The molecule has 0 bridgehead atoms. The van der Waals surface area contributed by atoms with Crippen LogP contribution in [-0.4, -0.2) is 15.0 Å². The van der Waals surface area contributed by atoms with Crippen molar-refractivity contribution in [1.29, 1.82) is 0 Å². The number of rotatable bonds is 6. The molecule has 0 amide bonds. The number of aryl methyl sites for hydroxylation is 2. The quantitative estimate of drug-likeness (QED) is 0.636. The maximum Gasteiger partial charge on any atom is 0.240 e. The van der Waals surface area contributed by atoms with Gasteiger partial charge in [0.05, 0.1) is 4.90 Å². The lowest BCUT2D eigenvalue weighted by Gasteiger charge is -2.09. The first kappa shape index (κ1) is 15.5. The summed E-state index contributed by atoms with van der Waals surface area (Å²) < 4.78 is 27.0. The van der Waals surface area contributed by atoms with Gasteiger partial charge >= 0.3 is 0 Å². The zero-order valence-corrected chi connectivity index (χ0v) is 12.9. The van der Waals surface area contributed by atoms with Crippen molar-refractivity contribution >= 4 is 15.7 Å². The van der Waals surface area contributed by atoms with Gasteiger partial charge in [-0.3, -0.25) is 0 Å². The van der Waals surface area contributed by atoms with E-state index in [1.807, 2.05) is 30.3 Å². The van der Waals surface area contributed by atoms with E-state index >= 15 is 0 Å². The van der Waals surface area contributed by atoms with Crippen LogP contribution in [0.4, 0.5) is 5.69 Å². The summed E-state index contributed by atoms with van der Waals surface area (Å²) >= 11 is 0. The van der Waals surface area contributed by atoms with Crippen LogP contribution >= 0.6 is 0 Å². The molecule has 0 atom stereocenters. The molecular formula is C16H20N2O2S. The van der Waals surface area contributed by atoms with Crippen LogP contribution in [0, 0.1) is 6.92 Å². The lowest BCUT2D eigenvalue weighted by molar-refractivity contribution is 0.578. The maximum atomic E-state index is 12.2. The number of nitrogens with one attached hydrogen (secondary N) is 1. The monoisotopic (exact) mass is 304 g/mol. The Labute approximate surface area is 126 Å². The predicted octanol–water partition coefficient (Wildman–Crippen LogP) is 2.49. The lowest BCUT2D eigenvalue weighted by Crippen LogP contribution is -2.25. The number of anilines is 1. The first-order valence-corrected chi connectivity index (χ1v) is 8.37. The molecule has 2 aromatic carbocycles. The second-order valence-corrected chi connectivity index (χ2v) is 6.74. The molecular weight excluding hydrogens is 284 g/mol. The third kappa shape index (κ3) is 4.31. The molecule has 5 heteroatoms. The van der Waals surface area contributed by atoms with Crippen molar-refractivity contribution in [3.8, 4) is 0 Å². The fourth-order valence-electron chi connectivity index (χ4n) is 2.12. The van der Waals surface area contributed by atoms with Gasteiger partial charge in [-0.15, -0.1) is 0 Å². The van der Waals surface area contributed by atoms with Crippen molar-refractivity contribution in [3.63, 3.8) is 0 Å². The number of benzene rings is 2. The van der Waals surface area contributed by atoms with Crippen LogP contribution in [-0.2, 0) is 16.4 Å². The number of nitrogens with two attached hydrogens (primary N) is 1. The van der Waals surface area contributed by atoms with Gasteiger partial charge < -0.3 is 5.73 Å². The Morgan fingerprint density at radius 3 is 2.38 bits per heavy atom. The maximum absolute atomic E-state index is 12.2. The van der Waals surface area contributed by atoms with E-state index in [1.54, 1.807) is 25.1 Å². The van der Waals surface area contributed by atoms with E-state index < -0.39 is 10.0 Å². The van der Waals surface area contributed by atoms with Gasteiger partial charge in [-0.05, 0) is 49.1 Å². The van der Waals surface area contributed by atoms with Gasteiger partial charge in [-0.2, -0.15) is 0 Å². The number of hydrogen-bond acceptors (Lipinski definition) is 3. The van der Waals surface area contributed by atoms with Crippen LogP contribution in [0.3, 0.4) is 0 Å². The van der Waals surface area contributed by atoms with Crippen molar-refractivity contribution < 1.29 is 8.42 Å². The average Bonchev–Trinajstić information content (AvgIpc) is 2.46. The van der Waals surface area contributed by atoms with E-state index in [1.165, 1.54) is 0 Å². The first-order valence-electron chi connectivity index (χ1n) is 6.89. The predicted molar refractivity (Wildman–Crippen MR) is 85.5 cm³/mol. The molecule has 4 nitrogen and oxygen atoms in total. The van der Waals surface area contributed by atoms with E-state index in [0.29, 0.717) is 11.4 Å². The minimum atomic E-state index is -3.42. The summed E-state index contributed by atoms with van der Waals surface area (Å²) in [6.45, 7) is 2.21. The van der Waals surface area contributed by atoms with Crippen LogP contribution in [0.25, 0.3) is 0 Å². The first-order chi connectivity index (χ1) is 9.99. The van der Waals surface area contributed by atoms with Crippen molar-refractivity contribution in [2.75, 3.05) is 12.3 Å². The topological polar surface area (TPSA) is 72.2 Å². The van der Waals surface area contributed by atoms with Gasteiger partial charge in [0.2, 0.25) is 10.0 Å². The molecule has 0 radical (unpaired) electrons. The molecule has 0 unspecified atom stereocenters. The molecule has 0 saturated carbocycles. The largest absolute Gasteiger partial charge is 0.399 e. The van der Waals surface area contributed by atoms with E-state index in [9.17, 15) is 8.42 Å². The number of sulfonamides is 1. The molecule has 0 saturated heterocycles. The lowest BCUT2D eigenvalue weighted by atomic mass is 10.1. The molecule has 112 valence electrons. The Kier molecular flexibility index (Phi) is 4.98. The summed E-state index contributed by atoms with van der Waals surface area (Å²) in [6, 6.07) is 14.6. The molecule has 0 heterocycles. The molecule has 0 aliphatic rings. The van der Waals surface area contributed by atoms with E-state index in [0.717, 1.165) is 29.7 Å². The van der Waals surface area contributed by atoms with Crippen molar-refractivity contribution in [1.82, 2.24) is 4.72 Å². The summed E-state index contributed by atoms with van der Waals surface area (Å²) in [4.78, 5) is 0.345. The highest BCUT2D eigenvalue weighted by atomic mass is 32.2. The minimum Gasteiger partial charge on any atom is -0.399 e. The summed E-state index contributed by atoms with van der Waals surface area (Å²) in [7, 11) is -3.42. The summed E-state index contributed by atoms with van der Waals surface area (Å²) in [5, 5.41) is 0. The van der Waals surface area contributed by atoms with E-state index in [4.69, 9.17) is 5.73 Å². The molecule has 0 aliphatic heterocycles. The third-order valence-electron chi connectivity index (χ3n) is 3.30. The van der Waals surface area contributed by atoms with Crippen molar-refractivity contribution in [3.05, 3.63) is 59.7 Å². The van der Waals surface area contributed by atoms with Crippen LogP contribution in [0.5, 0.6) is 0 Å². The van der Waals surface area contributed by atoms with Crippen molar-refractivity contribution in [2.24, 2.45) is 0 Å². The fourth-order valence-corrected chi connectivity index (χ4v) is 3.44. The van der Waals surface area contributed by atoms with E-state index in [-0.39, 0.29) is 0 Å². The molecule has 0 aromatic heterocycles. The average molecular weight is 304 g/mol. The Bertz CT molecular complexity index is 694. The van der Waals surface area contributed by atoms with Gasteiger partial charge in [0.1, 0.15) is 0 Å². The van der Waals surface area contributed by atoms with Gasteiger partial charge in [0.25, 0.3) is 0 Å². The smallest absolute Gasteiger partial charge is 0.240 e. The summed E-state index contributed by atoms with van der Waals surface area (Å²) in [5.74, 6) is 0. The molecule has 2 aromatic rings. The van der Waals surface area contributed by atoms with E-state index in [2.05, 4.69) is 4.72 Å². The number of hydrogen-bond donors (Lipinski definition) is 2. The van der Waals surface area contributed by atoms with Gasteiger partial charge in [0, 0.05) is 12.2 Å². The van der Waals surface area contributed by atoms with Gasteiger partial charge in [-0.1, -0.05) is 30.3 Å². The Morgan fingerprint density at radius 2 is 1.71 bits per heavy atom. The molecule has 0 aliphatic carbocycles. The molecule has 0 spiro atoms. The molecule has 2 rings (SSSR count). The zero-order valence-electron chi connectivity index (χ0n) is 12.0. The Morgan fingerprint density at radius 1 is 1.05 bits per heavy atom. The summed E-state index contributed by atoms with van der Waals surface area (Å²) in [6.07, 6.45) is 1.56. The zero-order chi connectivity index (χ0) is 15.3. The summed E-state index contributed by atoms with van der Waals surface area (Å²) in [5.41, 5.74) is 8.27. The highest BCUT2D eigenvalue weighted by Gasteiger charge is 2.14. The standard InChI is InChI=1S/C16H20N2O2S/c1-13-5-2-3-7-16(13)21(19,20)18-12-4-6-14-8-10-15(17)11-9-14/h2-3,5,7-11,18H,4,6,12,17H2,1H3. The van der Waals surface area contributed by atoms with Crippen LogP contribution in [0.2, 0.25) is 0 Å². The van der Waals surface area contributed by atoms with Crippen LogP contribution in [0.1, 0.15) is 17.5 Å². The third-order valence-corrected chi connectivity index (χ3v) is 4.92. The Hall–Kier alpha value is -1.85. The SMILES string of the molecule is Cc1ccccc1S(=O)(=O)NCCCc1ccc(N)cc1. The van der Waals surface area contributed by atoms with Gasteiger partial charge in [0.15, 0.2) is 0 Å². The second kappa shape index (κ2) is 6.74. The molecule has 21 heavy (non-hydrogen) atoms. The fraction of sp³-hybridized carbons (Fsp3) is 0.250. The number of nitrogen functional groups attached to an aromatic ring is 1. The van der Waals surface area contributed by atoms with Crippen molar-refractivity contribution in [2.45, 2.75) is 24.7 Å².